The number of nitrogens with one attached hydrogen (secondary N) is 2. The van der Waals surface area contributed by atoms with E-state index in [0.29, 0.717) is 16.5 Å². The van der Waals surface area contributed by atoms with Crippen molar-refractivity contribution < 1.29 is 18.7 Å². The molecule has 2 N–H and O–H groups in total. The van der Waals surface area contributed by atoms with Crippen molar-refractivity contribution in [1.82, 2.24) is 10.2 Å². The Morgan fingerprint density at radius 2 is 1.77 bits per heavy atom. The quantitative estimate of drug-likeness (QED) is 0.680. The fraction of sp³-hybridized carbons (Fsp3) is 0.111. The molecule has 26 heavy (non-hydrogen) atoms. The molecule has 132 valence electrons. The highest BCUT2D eigenvalue weighted by atomic mass is 19.1. The average Bonchev–Trinajstić information content (AvgIpc) is 2.64. The number of fused-ring (bicyclic) bond motifs is 1. The molecule has 0 saturated heterocycles. The standard InChI is InChI=1S/C18H14FN3O4/c19-13-7-3-4-8-14(13)20-16(23)10-26-17(24)9-15-11-5-1-2-6-12(11)18(25)22-21-15/h1-8H,9-10H2,(H,20,23)(H,22,25). The number of amides is 1. The number of carbonyl (C=O) groups excluding carboxylic acids is 2. The second kappa shape index (κ2) is 7.56. The minimum Gasteiger partial charge on any atom is -0.455 e. The van der Waals surface area contributed by atoms with E-state index in [4.69, 9.17) is 4.74 Å². The predicted molar refractivity (Wildman–Crippen MR) is 92.1 cm³/mol. The van der Waals surface area contributed by atoms with Crippen LogP contribution < -0.4 is 10.9 Å². The van der Waals surface area contributed by atoms with Gasteiger partial charge in [-0.2, -0.15) is 5.10 Å². The Bertz CT molecular complexity index is 1030. The number of esters is 1. The SMILES string of the molecule is O=C(COC(=O)Cc1n[nH]c(=O)c2ccccc12)Nc1ccccc1F. The van der Waals surface area contributed by atoms with Crippen LogP contribution in [0.25, 0.3) is 10.8 Å². The molecule has 0 aliphatic rings. The van der Waals surface area contributed by atoms with Gasteiger partial charge in [0.1, 0.15) is 5.82 Å². The van der Waals surface area contributed by atoms with Crippen LogP contribution in [-0.4, -0.2) is 28.7 Å². The molecule has 0 radical (unpaired) electrons. The number of aromatic amines is 1. The lowest BCUT2D eigenvalue weighted by atomic mass is 10.1. The van der Waals surface area contributed by atoms with Crippen molar-refractivity contribution in [3.63, 3.8) is 0 Å². The van der Waals surface area contributed by atoms with E-state index >= 15 is 0 Å². The number of anilines is 1. The highest BCUT2D eigenvalue weighted by molar-refractivity contribution is 5.93. The van der Waals surface area contributed by atoms with Gasteiger partial charge in [-0.3, -0.25) is 14.4 Å². The van der Waals surface area contributed by atoms with Gasteiger partial charge in [-0.05, 0) is 18.2 Å². The van der Waals surface area contributed by atoms with E-state index in [1.807, 2.05) is 0 Å². The summed E-state index contributed by atoms with van der Waals surface area (Å²) in [6.07, 6.45) is -0.218. The first-order valence-corrected chi connectivity index (χ1v) is 7.71. The number of H-pyrrole nitrogens is 1. The van der Waals surface area contributed by atoms with E-state index in [9.17, 15) is 18.8 Å². The van der Waals surface area contributed by atoms with E-state index in [1.54, 1.807) is 30.3 Å². The lowest BCUT2D eigenvalue weighted by molar-refractivity contribution is -0.146. The maximum atomic E-state index is 13.5. The second-order valence-corrected chi connectivity index (χ2v) is 5.41. The van der Waals surface area contributed by atoms with Gasteiger partial charge in [0.25, 0.3) is 11.5 Å². The number of ether oxygens (including phenoxy) is 1. The van der Waals surface area contributed by atoms with Crippen molar-refractivity contribution in [3.05, 3.63) is 70.4 Å². The number of carbonyl (C=O) groups is 2. The highest BCUT2D eigenvalue weighted by Gasteiger charge is 2.14. The van der Waals surface area contributed by atoms with Crippen molar-refractivity contribution in [2.75, 3.05) is 11.9 Å². The third kappa shape index (κ3) is 3.92. The molecule has 0 unspecified atom stereocenters. The Balaban J connectivity index is 1.61. The number of para-hydroxylation sites is 1. The van der Waals surface area contributed by atoms with Crippen molar-refractivity contribution in [3.8, 4) is 0 Å². The van der Waals surface area contributed by atoms with Crippen LogP contribution in [0.3, 0.4) is 0 Å². The van der Waals surface area contributed by atoms with Crippen molar-refractivity contribution >= 4 is 28.3 Å². The molecule has 0 atom stereocenters. The molecular weight excluding hydrogens is 341 g/mol. The zero-order valence-corrected chi connectivity index (χ0v) is 13.5. The van der Waals surface area contributed by atoms with Gasteiger partial charge in [0.05, 0.1) is 23.2 Å². The smallest absolute Gasteiger partial charge is 0.312 e. The molecule has 0 aliphatic heterocycles. The second-order valence-electron chi connectivity index (χ2n) is 5.41. The summed E-state index contributed by atoms with van der Waals surface area (Å²) in [5.74, 6) is -1.95. The lowest BCUT2D eigenvalue weighted by Gasteiger charge is -2.08. The fourth-order valence-electron chi connectivity index (χ4n) is 2.39. The number of hydrogen-bond donors (Lipinski definition) is 2. The monoisotopic (exact) mass is 355 g/mol. The average molecular weight is 355 g/mol. The van der Waals surface area contributed by atoms with Gasteiger partial charge in [0.2, 0.25) is 0 Å². The molecular formula is C18H14FN3O4. The number of halogens is 1. The normalized spacial score (nSPS) is 10.5. The summed E-state index contributed by atoms with van der Waals surface area (Å²) < 4.78 is 18.4. The van der Waals surface area contributed by atoms with Crippen LogP contribution in [0.15, 0.2) is 53.3 Å². The number of nitrogens with zero attached hydrogens (tertiary/aromatic N) is 1. The molecule has 8 heteroatoms. The van der Waals surface area contributed by atoms with E-state index < -0.39 is 24.3 Å². The van der Waals surface area contributed by atoms with E-state index in [-0.39, 0.29) is 17.7 Å². The van der Waals surface area contributed by atoms with Crippen LogP contribution in [0, 0.1) is 5.82 Å². The van der Waals surface area contributed by atoms with E-state index in [0.717, 1.165) is 0 Å². The van der Waals surface area contributed by atoms with Crippen LogP contribution in [0.2, 0.25) is 0 Å². The predicted octanol–water partition coefficient (Wildman–Crippen LogP) is 1.79. The van der Waals surface area contributed by atoms with Gasteiger partial charge in [0, 0.05) is 5.39 Å². The van der Waals surface area contributed by atoms with Crippen LogP contribution in [0.4, 0.5) is 10.1 Å². The maximum absolute atomic E-state index is 13.5. The van der Waals surface area contributed by atoms with E-state index in [2.05, 4.69) is 15.5 Å². The molecule has 0 fully saturated rings. The molecule has 1 amide bonds. The number of benzene rings is 2. The van der Waals surface area contributed by atoms with Crippen LogP contribution >= 0.6 is 0 Å². The highest BCUT2D eigenvalue weighted by Crippen LogP contribution is 2.14. The Kier molecular flexibility index (Phi) is 5.02. The first kappa shape index (κ1) is 17.3. The van der Waals surface area contributed by atoms with Crippen LogP contribution in [-0.2, 0) is 20.7 Å². The maximum Gasteiger partial charge on any atom is 0.312 e. The molecule has 2 aromatic carbocycles. The Hall–Kier alpha value is -3.55. The van der Waals surface area contributed by atoms with Gasteiger partial charge in [-0.1, -0.05) is 30.3 Å². The molecule has 0 bridgehead atoms. The zero-order valence-electron chi connectivity index (χ0n) is 13.5. The summed E-state index contributed by atoms with van der Waals surface area (Å²) >= 11 is 0. The van der Waals surface area contributed by atoms with Crippen molar-refractivity contribution in [2.24, 2.45) is 0 Å². The molecule has 7 nitrogen and oxygen atoms in total. The molecule has 0 saturated carbocycles. The van der Waals surface area contributed by atoms with Gasteiger partial charge >= 0.3 is 5.97 Å². The molecule has 1 heterocycles. The number of aromatic nitrogens is 2. The van der Waals surface area contributed by atoms with Crippen LogP contribution in [0.5, 0.6) is 0 Å². The number of hydrogen-bond acceptors (Lipinski definition) is 5. The molecule has 0 spiro atoms. The molecule has 1 aromatic heterocycles. The largest absolute Gasteiger partial charge is 0.455 e. The summed E-state index contributed by atoms with van der Waals surface area (Å²) in [4.78, 5) is 35.4. The van der Waals surface area contributed by atoms with Gasteiger partial charge in [0.15, 0.2) is 6.61 Å². The third-order valence-electron chi connectivity index (χ3n) is 3.60. The third-order valence-corrected chi connectivity index (χ3v) is 3.60. The Morgan fingerprint density at radius 1 is 1.08 bits per heavy atom. The fourth-order valence-corrected chi connectivity index (χ4v) is 2.39. The molecule has 3 rings (SSSR count). The lowest BCUT2D eigenvalue weighted by Crippen LogP contribution is -2.22. The van der Waals surface area contributed by atoms with Gasteiger partial charge < -0.3 is 10.1 Å². The minimum atomic E-state index is -0.696. The summed E-state index contributed by atoms with van der Waals surface area (Å²) in [5, 5.41) is 9.43. The first-order valence-electron chi connectivity index (χ1n) is 7.71. The number of rotatable bonds is 5. The topological polar surface area (TPSA) is 101 Å². The zero-order chi connectivity index (χ0) is 18.5. The minimum absolute atomic E-state index is 0.00171. The summed E-state index contributed by atoms with van der Waals surface area (Å²) in [5.41, 5.74) is -0.0245. The molecule has 3 aromatic rings. The first-order chi connectivity index (χ1) is 12.5. The Labute approximate surface area is 146 Å². The van der Waals surface area contributed by atoms with Gasteiger partial charge in [-0.15, -0.1) is 0 Å². The van der Waals surface area contributed by atoms with Crippen LogP contribution in [0.1, 0.15) is 5.69 Å². The molecule has 0 aliphatic carbocycles. The Morgan fingerprint density at radius 3 is 2.54 bits per heavy atom. The van der Waals surface area contributed by atoms with E-state index in [1.165, 1.54) is 18.2 Å². The van der Waals surface area contributed by atoms with Crippen molar-refractivity contribution in [2.45, 2.75) is 6.42 Å². The summed E-state index contributed by atoms with van der Waals surface area (Å²) in [7, 11) is 0. The van der Waals surface area contributed by atoms with Gasteiger partial charge in [-0.25, -0.2) is 9.49 Å². The van der Waals surface area contributed by atoms with Crippen molar-refractivity contribution in [1.29, 1.82) is 0 Å². The summed E-state index contributed by atoms with van der Waals surface area (Å²) in [6, 6.07) is 12.4. The summed E-state index contributed by atoms with van der Waals surface area (Å²) in [6.45, 7) is -0.561.